The molecule has 0 heterocycles. The molecule has 70 valence electrons. The summed E-state index contributed by atoms with van der Waals surface area (Å²) in [5, 5.41) is 8.24. The van der Waals surface area contributed by atoms with E-state index in [-0.39, 0.29) is 0 Å². The Kier molecular flexibility index (Phi) is 4.12. The molecular weight excluding hydrogens is 185 g/mol. The van der Waals surface area contributed by atoms with Crippen molar-refractivity contribution in [2.75, 3.05) is 6.16 Å². The van der Waals surface area contributed by atoms with Gasteiger partial charge in [0, 0.05) is 0 Å². The molecule has 0 aromatic heterocycles. The molecule has 1 atom stereocenters. The molecule has 0 aromatic rings. The zero-order chi connectivity index (χ0) is 9.78. The molecular formula is C5H10NO5P. The van der Waals surface area contributed by atoms with E-state index in [1.165, 1.54) is 0 Å². The van der Waals surface area contributed by atoms with Gasteiger partial charge in [-0.15, -0.1) is 0 Å². The smallest absolute Gasteiger partial charge is 0.329 e. The number of hydrogen-bond acceptors (Lipinski definition) is 3. The largest absolute Gasteiger partial charge is 0.480 e. The Balaban J connectivity index is 3.93. The summed E-state index contributed by atoms with van der Waals surface area (Å²) < 4.78 is 10.2. The molecule has 0 aliphatic rings. The van der Waals surface area contributed by atoms with E-state index in [9.17, 15) is 9.36 Å². The second-order valence-corrected chi connectivity index (χ2v) is 3.83. The van der Waals surface area contributed by atoms with Gasteiger partial charge in [-0.05, 0) is 0 Å². The quantitative estimate of drug-likeness (QED) is 0.342. The van der Waals surface area contributed by atoms with Crippen LogP contribution in [0.1, 0.15) is 0 Å². The van der Waals surface area contributed by atoms with Crippen LogP contribution >= 0.6 is 7.60 Å². The summed E-state index contributed by atoms with van der Waals surface area (Å²) in [5.41, 5.74) is 5.01. The first-order chi connectivity index (χ1) is 5.33. The molecule has 0 saturated carbocycles. The first-order valence-electron chi connectivity index (χ1n) is 3.02. The zero-order valence-corrected chi connectivity index (χ0v) is 7.02. The van der Waals surface area contributed by atoms with Gasteiger partial charge in [-0.1, -0.05) is 12.2 Å². The standard InChI is InChI=1S/C5H10NO5P/c6-4(5(7)8)2-1-3-12(9,10)11/h1-2,4H,3,6H2,(H,7,8)(H2,9,10,11)/b2-1+/t4-/m0/s1. The monoisotopic (exact) mass is 195 g/mol. The van der Waals surface area contributed by atoms with E-state index in [0.717, 1.165) is 12.2 Å². The fourth-order valence-corrected chi connectivity index (χ4v) is 0.823. The molecule has 0 unspecified atom stereocenters. The maximum atomic E-state index is 10.2. The minimum Gasteiger partial charge on any atom is -0.480 e. The van der Waals surface area contributed by atoms with Crippen LogP contribution in [0.5, 0.6) is 0 Å². The Bertz CT molecular complexity index is 232. The van der Waals surface area contributed by atoms with Crippen molar-refractivity contribution in [3.63, 3.8) is 0 Å². The third kappa shape index (κ3) is 6.06. The zero-order valence-electron chi connectivity index (χ0n) is 6.12. The van der Waals surface area contributed by atoms with Gasteiger partial charge in [0.05, 0.1) is 6.16 Å². The summed E-state index contributed by atoms with van der Waals surface area (Å²) in [4.78, 5) is 26.8. The average Bonchev–Trinajstić information content (AvgIpc) is 1.84. The maximum Gasteiger partial charge on any atom is 0.329 e. The minimum atomic E-state index is -4.09. The van der Waals surface area contributed by atoms with E-state index < -0.39 is 25.8 Å². The molecule has 0 radical (unpaired) electrons. The van der Waals surface area contributed by atoms with Crippen molar-refractivity contribution in [2.24, 2.45) is 5.73 Å². The summed E-state index contributed by atoms with van der Waals surface area (Å²) in [5.74, 6) is -1.24. The van der Waals surface area contributed by atoms with E-state index in [0.29, 0.717) is 0 Å². The van der Waals surface area contributed by atoms with Gasteiger partial charge in [0.25, 0.3) is 0 Å². The topological polar surface area (TPSA) is 121 Å². The van der Waals surface area contributed by atoms with Gasteiger partial charge in [0.15, 0.2) is 0 Å². The Labute approximate surface area is 68.9 Å². The molecule has 12 heavy (non-hydrogen) atoms. The normalized spacial score (nSPS) is 14.9. The number of carboxylic acids is 1. The highest BCUT2D eigenvalue weighted by Crippen LogP contribution is 2.33. The Hall–Kier alpha value is -0.680. The van der Waals surface area contributed by atoms with Crippen molar-refractivity contribution in [3.8, 4) is 0 Å². The lowest BCUT2D eigenvalue weighted by Gasteiger charge is -1.99. The molecule has 7 heteroatoms. The van der Waals surface area contributed by atoms with Crippen molar-refractivity contribution < 1.29 is 24.3 Å². The number of aliphatic carboxylic acids is 1. The van der Waals surface area contributed by atoms with Gasteiger partial charge in [-0.2, -0.15) is 0 Å². The summed E-state index contributed by atoms with van der Waals surface area (Å²) in [7, 11) is -4.09. The molecule has 0 aliphatic carbocycles. The number of allylic oxidation sites excluding steroid dienone is 1. The van der Waals surface area contributed by atoms with Gasteiger partial charge in [0.2, 0.25) is 0 Å². The summed E-state index contributed by atoms with van der Waals surface area (Å²) in [6.45, 7) is 0. The Morgan fingerprint density at radius 1 is 1.58 bits per heavy atom. The van der Waals surface area contributed by atoms with E-state index >= 15 is 0 Å². The van der Waals surface area contributed by atoms with Crippen molar-refractivity contribution in [3.05, 3.63) is 12.2 Å². The molecule has 0 aliphatic heterocycles. The molecule has 0 bridgehead atoms. The summed E-state index contributed by atoms with van der Waals surface area (Å²) in [6.07, 6.45) is 1.59. The number of carbonyl (C=O) groups is 1. The number of nitrogens with two attached hydrogens (primary N) is 1. The number of carboxylic acid groups (broad SMARTS) is 1. The molecule has 0 amide bonds. The van der Waals surface area contributed by atoms with Crippen LogP contribution in [-0.2, 0) is 9.36 Å². The molecule has 0 spiro atoms. The number of hydrogen-bond donors (Lipinski definition) is 4. The average molecular weight is 195 g/mol. The fraction of sp³-hybridized carbons (Fsp3) is 0.400. The van der Waals surface area contributed by atoms with Crippen LogP contribution in [0.25, 0.3) is 0 Å². The maximum absolute atomic E-state index is 10.2. The van der Waals surface area contributed by atoms with E-state index in [2.05, 4.69) is 0 Å². The van der Waals surface area contributed by atoms with Crippen LogP contribution in [-0.4, -0.2) is 33.1 Å². The van der Waals surface area contributed by atoms with Crippen molar-refractivity contribution in [2.45, 2.75) is 6.04 Å². The third-order valence-electron chi connectivity index (χ3n) is 0.972. The summed E-state index contributed by atoms with van der Waals surface area (Å²) in [6, 6.07) is -1.21. The molecule has 0 aromatic carbocycles. The Morgan fingerprint density at radius 3 is 2.42 bits per heavy atom. The van der Waals surface area contributed by atoms with E-state index in [1.807, 2.05) is 0 Å². The van der Waals surface area contributed by atoms with Crippen LogP contribution in [0, 0.1) is 0 Å². The second-order valence-electron chi connectivity index (χ2n) is 2.14. The highest BCUT2D eigenvalue weighted by atomic mass is 31.2. The van der Waals surface area contributed by atoms with Crippen LogP contribution in [0.15, 0.2) is 12.2 Å². The van der Waals surface area contributed by atoms with Crippen molar-refractivity contribution in [1.82, 2.24) is 0 Å². The fourth-order valence-electron chi connectivity index (χ4n) is 0.427. The highest BCUT2D eigenvalue weighted by molar-refractivity contribution is 7.51. The lowest BCUT2D eigenvalue weighted by molar-refractivity contribution is -0.137. The highest BCUT2D eigenvalue weighted by Gasteiger charge is 2.10. The summed E-state index contributed by atoms with van der Waals surface area (Å²) >= 11 is 0. The first-order valence-corrected chi connectivity index (χ1v) is 4.82. The molecule has 0 rings (SSSR count). The van der Waals surface area contributed by atoms with Gasteiger partial charge in [-0.3, -0.25) is 9.36 Å². The molecule has 0 fully saturated rings. The van der Waals surface area contributed by atoms with E-state index in [4.69, 9.17) is 20.6 Å². The lowest BCUT2D eigenvalue weighted by Crippen LogP contribution is -2.27. The van der Waals surface area contributed by atoms with E-state index in [1.54, 1.807) is 0 Å². The van der Waals surface area contributed by atoms with Crippen LogP contribution in [0.2, 0.25) is 0 Å². The lowest BCUT2D eigenvalue weighted by atomic mass is 10.3. The van der Waals surface area contributed by atoms with Crippen LogP contribution < -0.4 is 5.73 Å². The number of rotatable bonds is 4. The molecule has 0 saturated heterocycles. The van der Waals surface area contributed by atoms with Gasteiger partial charge >= 0.3 is 13.6 Å². The predicted molar refractivity (Wildman–Crippen MR) is 41.7 cm³/mol. The minimum absolute atomic E-state index is 0.492. The third-order valence-corrected chi connectivity index (χ3v) is 1.66. The SMILES string of the molecule is N[C@@H](/C=C/CP(=O)(O)O)C(=O)O. The Morgan fingerprint density at radius 2 is 2.08 bits per heavy atom. The van der Waals surface area contributed by atoms with Gasteiger partial charge < -0.3 is 20.6 Å². The first kappa shape index (κ1) is 11.3. The van der Waals surface area contributed by atoms with Crippen LogP contribution in [0.3, 0.4) is 0 Å². The predicted octanol–water partition coefficient (Wildman–Crippen LogP) is -0.868. The molecule has 5 N–H and O–H groups in total. The van der Waals surface area contributed by atoms with Crippen molar-refractivity contribution in [1.29, 1.82) is 0 Å². The molecule has 6 nitrogen and oxygen atoms in total. The van der Waals surface area contributed by atoms with Crippen LogP contribution in [0.4, 0.5) is 0 Å². The second kappa shape index (κ2) is 4.37. The van der Waals surface area contributed by atoms with Crippen molar-refractivity contribution >= 4 is 13.6 Å². The van der Waals surface area contributed by atoms with Gasteiger partial charge in [-0.25, -0.2) is 0 Å². The van der Waals surface area contributed by atoms with Gasteiger partial charge in [0.1, 0.15) is 6.04 Å².